The third-order valence-electron chi connectivity index (χ3n) is 0.432. The quantitative estimate of drug-likeness (QED) is 0.465. The Kier molecular flexibility index (Phi) is 1.85. The highest BCUT2D eigenvalue weighted by molar-refractivity contribution is 8.42. The van der Waals surface area contributed by atoms with Gasteiger partial charge in [-0.3, -0.25) is 5.14 Å². The molecule has 0 saturated heterocycles. The van der Waals surface area contributed by atoms with Crippen molar-refractivity contribution in [2.75, 3.05) is 0 Å². The number of nitriles is 3. The summed E-state index contributed by atoms with van der Waals surface area (Å²) >= 11 is 0. The van der Waals surface area contributed by atoms with Crippen LogP contribution in [0.1, 0.15) is 0 Å². The number of nitrogens with zero attached hydrogens (tertiary/aromatic N) is 3. The summed E-state index contributed by atoms with van der Waals surface area (Å²) in [7, 11) is -2.74. The highest BCUT2D eigenvalue weighted by Gasteiger charge is 2.14. The molecule has 0 aliphatic heterocycles. The van der Waals surface area contributed by atoms with Crippen LogP contribution in [0.15, 0.2) is 0 Å². The fraction of sp³-hybridized carbons (Fsp3) is 0. The predicted octanol–water partition coefficient (Wildman–Crippen LogP) is 0.108. The molecule has 0 heterocycles. The van der Waals surface area contributed by atoms with Gasteiger partial charge in [-0.2, -0.15) is 15.8 Å². The Hall–Kier alpha value is -1.22. The third kappa shape index (κ3) is 1.13. The van der Waals surface area contributed by atoms with E-state index in [2.05, 4.69) is 0 Å². The van der Waals surface area contributed by atoms with E-state index in [1.807, 2.05) is 0 Å². The highest BCUT2D eigenvalue weighted by Crippen LogP contribution is 2.33. The fourth-order valence-electron chi connectivity index (χ4n) is 0.0612. The van der Waals surface area contributed by atoms with E-state index < -0.39 is 10.2 Å². The Labute approximate surface area is 48.2 Å². The number of hydrogen-bond acceptors (Lipinski definition) is 4. The zero-order chi connectivity index (χ0) is 6.62. The molecule has 0 bridgehead atoms. The summed E-state index contributed by atoms with van der Waals surface area (Å²) in [6.45, 7) is 0. The first kappa shape index (κ1) is 6.78. The van der Waals surface area contributed by atoms with Gasteiger partial charge < -0.3 is 0 Å². The van der Waals surface area contributed by atoms with E-state index in [4.69, 9.17) is 20.9 Å². The minimum Gasteiger partial charge on any atom is -0.261 e. The van der Waals surface area contributed by atoms with Gasteiger partial charge in [0.05, 0.1) is 10.2 Å². The lowest BCUT2D eigenvalue weighted by atomic mass is 11.7. The van der Waals surface area contributed by atoms with Gasteiger partial charge in [0.2, 0.25) is 0 Å². The first-order valence-electron chi connectivity index (χ1n) is 1.52. The maximum Gasteiger partial charge on any atom is 0.154 e. The van der Waals surface area contributed by atoms with Crippen LogP contribution in [0.25, 0.3) is 0 Å². The van der Waals surface area contributed by atoms with Crippen LogP contribution < -0.4 is 5.14 Å². The normalized spacial score (nSPS) is 10.2. The molecule has 0 radical (unpaired) electrons. The molecular weight excluding hydrogens is 124 g/mol. The SMILES string of the molecule is N#CS(N)(C#N)C#N. The van der Waals surface area contributed by atoms with Crippen LogP contribution in [0.2, 0.25) is 0 Å². The molecular formula is C3H2N4S. The van der Waals surface area contributed by atoms with Crippen molar-refractivity contribution < 1.29 is 0 Å². The van der Waals surface area contributed by atoms with E-state index in [0.29, 0.717) is 0 Å². The average molecular weight is 126 g/mol. The lowest BCUT2D eigenvalue weighted by Gasteiger charge is -2.01. The molecule has 40 valence electrons. The maximum atomic E-state index is 8.00. The summed E-state index contributed by atoms with van der Waals surface area (Å²) in [5.41, 5.74) is 0. The molecule has 0 aliphatic rings. The van der Waals surface area contributed by atoms with Crippen LogP contribution in [-0.4, -0.2) is 0 Å². The van der Waals surface area contributed by atoms with E-state index in [0.717, 1.165) is 0 Å². The molecule has 0 aromatic carbocycles. The molecule has 4 nitrogen and oxygen atoms in total. The molecule has 0 fully saturated rings. The van der Waals surface area contributed by atoms with E-state index in [9.17, 15) is 0 Å². The lowest BCUT2D eigenvalue weighted by Crippen LogP contribution is -2.00. The lowest BCUT2D eigenvalue weighted by molar-refractivity contribution is 1.53. The second kappa shape index (κ2) is 2.18. The predicted molar refractivity (Wildman–Crippen MR) is 28.6 cm³/mol. The minimum absolute atomic E-state index is 1.42. The molecule has 5 heteroatoms. The third-order valence-corrected chi connectivity index (χ3v) is 1.30. The van der Waals surface area contributed by atoms with Crippen molar-refractivity contribution in [3.05, 3.63) is 0 Å². The standard InChI is InChI=1S/C3H2N4S/c4-1-8(7,2-5)3-6/h7H2. The summed E-state index contributed by atoms with van der Waals surface area (Å²) in [5, 5.41) is 33.2. The van der Waals surface area contributed by atoms with Crippen molar-refractivity contribution in [1.82, 2.24) is 0 Å². The van der Waals surface area contributed by atoms with Crippen molar-refractivity contribution in [3.63, 3.8) is 0 Å². The Bertz CT molecular complexity index is 165. The van der Waals surface area contributed by atoms with E-state index in [-0.39, 0.29) is 0 Å². The molecule has 0 rings (SSSR count). The number of rotatable bonds is 0. The minimum atomic E-state index is -2.74. The van der Waals surface area contributed by atoms with Crippen LogP contribution in [0, 0.1) is 32.0 Å². The van der Waals surface area contributed by atoms with Gasteiger partial charge in [0.25, 0.3) is 0 Å². The van der Waals surface area contributed by atoms with Gasteiger partial charge >= 0.3 is 0 Å². The largest absolute Gasteiger partial charge is 0.261 e. The zero-order valence-corrected chi connectivity index (χ0v) is 4.64. The van der Waals surface area contributed by atoms with Gasteiger partial charge in [-0.05, 0) is 0 Å². The second-order valence-electron chi connectivity index (χ2n) is 0.934. The monoisotopic (exact) mass is 126 g/mol. The van der Waals surface area contributed by atoms with Gasteiger partial charge in [-0.25, -0.2) is 0 Å². The van der Waals surface area contributed by atoms with Gasteiger partial charge in [0.1, 0.15) is 0 Å². The van der Waals surface area contributed by atoms with Crippen LogP contribution in [0.4, 0.5) is 0 Å². The van der Waals surface area contributed by atoms with Crippen LogP contribution >= 0.6 is 10.2 Å². The van der Waals surface area contributed by atoms with E-state index in [1.165, 1.54) is 16.2 Å². The second-order valence-corrected chi connectivity index (χ2v) is 2.80. The van der Waals surface area contributed by atoms with Gasteiger partial charge in [0, 0.05) is 0 Å². The van der Waals surface area contributed by atoms with Crippen LogP contribution in [0.5, 0.6) is 0 Å². The highest BCUT2D eigenvalue weighted by atomic mass is 32.3. The van der Waals surface area contributed by atoms with Crippen LogP contribution in [-0.2, 0) is 0 Å². The summed E-state index contributed by atoms with van der Waals surface area (Å²) in [4.78, 5) is 0. The molecule has 0 spiro atoms. The molecule has 0 unspecified atom stereocenters. The molecule has 0 aromatic heterocycles. The Morgan fingerprint density at radius 2 is 1.25 bits per heavy atom. The molecule has 8 heavy (non-hydrogen) atoms. The number of nitrogens with two attached hydrogens (primary N) is 1. The molecule has 0 aromatic rings. The molecule has 0 atom stereocenters. The summed E-state index contributed by atoms with van der Waals surface area (Å²) in [6, 6.07) is 0. The molecule has 2 N–H and O–H groups in total. The van der Waals surface area contributed by atoms with Crippen molar-refractivity contribution in [2.45, 2.75) is 0 Å². The summed E-state index contributed by atoms with van der Waals surface area (Å²) in [6.07, 6.45) is 0. The summed E-state index contributed by atoms with van der Waals surface area (Å²) in [5.74, 6) is 0. The number of hydrogen-bond donors (Lipinski definition) is 1. The maximum absolute atomic E-state index is 8.00. The van der Waals surface area contributed by atoms with Crippen molar-refractivity contribution in [1.29, 1.82) is 15.8 Å². The zero-order valence-electron chi connectivity index (χ0n) is 3.83. The molecule has 0 saturated carbocycles. The van der Waals surface area contributed by atoms with Crippen molar-refractivity contribution >= 4 is 10.2 Å². The molecule has 0 aliphatic carbocycles. The smallest absolute Gasteiger partial charge is 0.154 e. The Morgan fingerprint density at radius 3 is 1.25 bits per heavy atom. The molecule has 0 amide bonds. The number of thiocyanates is 3. The van der Waals surface area contributed by atoms with E-state index >= 15 is 0 Å². The van der Waals surface area contributed by atoms with Gasteiger partial charge in [0.15, 0.2) is 16.2 Å². The van der Waals surface area contributed by atoms with Gasteiger partial charge in [-0.1, -0.05) is 0 Å². The van der Waals surface area contributed by atoms with E-state index in [1.54, 1.807) is 0 Å². The van der Waals surface area contributed by atoms with Gasteiger partial charge in [-0.15, -0.1) is 0 Å². The van der Waals surface area contributed by atoms with Crippen molar-refractivity contribution in [3.8, 4) is 16.2 Å². The Balaban J connectivity index is 4.42. The fourth-order valence-corrected chi connectivity index (χ4v) is 0.184. The Morgan fingerprint density at radius 1 is 1.00 bits per heavy atom. The average Bonchev–Trinajstić information content (AvgIpc) is 1.87. The first-order valence-corrected chi connectivity index (χ1v) is 3.22. The van der Waals surface area contributed by atoms with Crippen LogP contribution in [0.3, 0.4) is 0 Å². The van der Waals surface area contributed by atoms with Crippen molar-refractivity contribution in [2.24, 2.45) is 5.14 Å². The summed E-state index contributed by atoms with van der Waals surface area (Å²) < 4.78 is 0. The first-order chi connectivity index (χ1) is 3.68. The topological polar surface area (TPSA) is 97.4 Å².